The van der Waals surface area contributed by atoms with Crippen LogP contribution in [0, 0.1) is 0 Å². The molecular formula is C22H29N5O4. The van der Waals surface area contributed by atoms with Gasteiger partial charge in [-0.15, -0.1) is 0 Å². The third kappa shape index (κ3) is 4.88. The number of rotatable bonds is 6. The summed E-state index contributed by atoms with van der Waals surface area (Å²) < 4.78 is 10.6. The van der Waals surface area contributed by atoms with Gasteiger partial charge in [-0.1, -0.05) is 0 Å². The lowest BCUT2D eigenvalue weighted by Crippen LogP contribution is -2.47. The van der Waals surface area contributed by atoms with E-state index in [9.17, 15) is 9.59 Å². The summed E-state index contributed by atoms with van der Waals surface area (Å²) in [6.07, 6.45) is 1.79. The molecule has 4 rings (SSSR count). The summed E-state index contributed by atoms with van der Waals surface area (Å²) >= 11 is 0. The summed E-state index contributed by atoms with van der Waals surface area (Å²) in [6.45, 7) is 4.66. The Morgan fingerprint density at radius 3 is 2.65 bits per heavy atom. The molecule has 0 radical (unpaired) electrons. The van der Waals surface area contributed by atoms with Crippen LogP contribution < -0.4 is 10.5 Å². The molecule has 2 aromatic rings. The lowest BCUT2D eigenvalue weighted by Gasteiger charge is -2.34. The average Bonchev–Trinajstić information content (AvgIpc) is 3.26. The van der Waals surface area contributed by atoms with Crippen molar-refractivity contribution in [1.29, 1.82) is 0 Å². The third-order valence-electron chi connectivity index (χ3n) is 5.96. The van der Waals surface area contributed by atoms with Gasteiger partial charge in [0.2, 0.25) is 5.91 Å². The molecule has 1 aromatic heterocycles. The Balaban J connectivity index is 1.50. The van der Waals surface area contributed by atoms with Crippen LogP contribution in [0.5, 0.6) is 5.75 Å². The molecule has 1 aromatic carbocycles. The molecule has 9 heteroatoms. The quantitative estimate of drug-likeness (QED) is 0.717. The number of nitrogens with zero attached hydrogens (tertiary/aromatic N) is 3. The van der Waals surface area contributed by atoms with E-state index in [-0.39, 0.29) is 17.5 Å². The maximum absolute atomic E-state index is 12.8. The number of carbonyl (C=O) groups excluding carboxylic acids is 2. The lowest BCUT2D eigenvalue weighted by atomic mass is 9.97. The third-order valence-corrected chi connectivity index (χ3v) is 5.96. The van der Waals surface area contributed by atoms with Crippen molar-refractivity contribution in [2.75, 3.05) is 53.0 Å². The van der Waals surface area contributed by atoms with Gasteiger partial charge in [-0.25, -0.2) is 4.98 Å². The number of aromatic nitrogens is 2. The summed E-state index contributed by atoms with van der Waals surface area (Å²) in [5.74, 6) is 1.03. The van der Waals surface area contributed by atoms with Gasteiger partial charge >= 0.3 is 0 Å². The zero-order chi connectivity index (χ0) is 21.8. The maximum atomic E-state index is 12.8. The molecule has 2 fully saturated rings. The van der Waals surface area contributed by atoms with Crippen LogP contribution in [0.1, 0.15) is 35.1 Å². The van der Waals surface area contributed by atoms with Crippen molar-refractivity contribution in [3.8, 4) is 17.0 Å². The Labute approximate surface area is 181 Å². The number of aromatic amines is 1. The fourth-order valence-corrected chi connectivity index (χ4v) is 4.20. The molecule has 2 aliphatic rings. The highest BCUT2D eigenvalue weighted by Crippen LogP contribution is 2.30. The molecular weight excluding hydrogens is 398 g/mol. The molecule has 2 aliphatic heterocycles. The number of morpholine rings is 1. The highest BCUT2D eigenvalue weighted by molar-refractivity contribution is 5.97. The van der Waals surface area contributed by atoms with E-state index < -0.39 is 5.91 Å². The van der Waals surface area contributed by atoms with E-state index in [4.69, 9.17) is 20.2 Å². The second kappa shape index (κ2) is 9.49. The first-order valence-corrected chi connectivity index (χ1v) is 10.7. The van der Waals surface area contributed by atoms with E-state index in [0.29, 0.717) is 37.8 Å². The first-order chi connectivity index (χ1) is 15.0. The van der Waals surface area contributed by atoms with E-state index in [0.717, 1.165) is 43.8 Å². The van der Waals surface area contributed by atoms with E-state index in [1.807, 2.05) is 29.2 Å². The molecule has 2 saturated heterocycles. The van der Waals surface area contributed by atoms with E-state index in [2.05, 4.69) is 9.88 Å². The first kappa shape index (κ1) is 21.3. The number of nitrogens with one attached hydrogen (secondary N) is 1. The molecule has 2 amide bonds. The number of imidazole rings is 1. The van der Waals surface area contributed by atoms with Gasteiger partial charge < -0.3 is 25.1 Å². The first-order valence-electron chi connectivity index (χ1n) is 10.7. The Morgan fingerprint density at radius 1 is 1.23 bits per heavy atom. The summed E-state index contributed by atoms with van der Waals surface area (Å²) in [6, 6.07) is 7.34. The largest absolute Gasteiger partial charge is 0.497 e. The molecule has 166 valence electrons. The molecule has 3 N–H and O–H groups in total. The van der Waals surface area contributed by atoms with Crippen molar-refractivity contribution in [1.82, 2.24) is 19.8 Å². The van der Waals surface area contributed by atoms with Crippen LogP contribution in [0.3, 0.4) is 0 Å². The van der Waals surface area contributed by atoms with E-state index in [1.54, 1.807) is 7.11 Å². The van der Waals surface area contributed by atoms with Crippen LogP contribution in [-0.4, -0.2) is 84.6 Å². The van der Waals surface area contributed by atoms with Crippen LogP contribution in [0.15, 0.2) is 24.3 Å². The predicted molar refractivity (Wildman–Crippen MR) is 115 cm³/mol. The summed E-state index contributed by atoms with van der Waals surface area (Å²) in [7, 11) is 1.60. The number of methoxy groups -OCH3 is 1. The summed E-state index contributed by atoms with van der Waals surface area (Å²) in [5.41, 5.74) is 7.22. The number of ether oxygens (including phenoxy) is 2. The van der Waals surface area contributed by atoms with Gasteiger partial charge in [0.05, 0.1) is 26.9 Å². The van der Waals surface area contributed by atoms with Gasteiger partial charge in [0, 0.05) is 37.7 Å². The van der Waals surface area contributed by atoms with Gasteiger partial charge in [0.25, 0.3) is 5.91 Å². The zero-order valence-corrected chi connectivity index (χ0v) is 17.8. The van der Waals surface area contributed by atoms with Gasteiger partial charge in [0.1, 0.15) is 23.0 Å². The normalized spacial score (nSPS) is 19.9. The van der Waals surface area contributed by atoms with Crippen molar-refractivity contribution in [2.24, 2.45) is 5.73 Å². The van der Waals surface area contributed by atoms with Crippen LogP contribution in [0.4, 0.5) is 0 Å². The smallest absolute Gasteiger partial charge is 0.267 e. The van der Waals surface area contributed by atoms with Crippen LogP contribution in [-0.2, 0) is 9.53 Å². The highest BCUT2D eigenvalue weighted by atomic mass is 16.5. The minimum atomic E-state index is -0.555. The second-order valence-electron chi connectivity index (χ2n) is 8.01. The summed E-state index contributed by atoms with van der Waals surface area (Å²) in [4.78, 5) is 36.8. The minimum Gasteiger partial charge on any atom is -0.497 e. The number of likely N-dealkylation sites (tertiary alicyclic amines) is 1. The molecule has 0 saturated carbocycles. The number of hydrogen-bond acceptors (Lipinski definition) is 6. The number of nitrogens with two attached hydrogens (primary N) is 1. The van der Waals surface area contributed by atoms with Crippen molar-refractivity contribution >= 4 is 11.8 Å². The van der Waals surface area contributed by atoms with Gasteiger partial charge in [-0.3, -0.25) is 14.5 Å². The SMILES string of the molecule is COc1ccc(-c2nc([C@@H]3CCCN(C(=O)CN4CCOCC4)C3)[nH]c2C(N)=O)cc1. The van der Waals surface area contributed by atoms with Crippen LogP contribution in [0.2, 0.25) is 0 Å². The van der Waals surface area contributed by atoms with Gasteiger partial charge in [0.15, 0.2) is 0 Å². The standard InChI is InChI=1S/C22H29N5O4/c1-30-17-6-4-15(5-7-17)19-20(21(23)29)25-22(24-19)16-3-2-8-27(13-16)18(28)14-26-9-11-31-12-10-26/h4-7,16H,2-3,8-14H2,1H3,(H2,23,29)(H,24,25)/t16-/m1/s1. The molecule has 0 spiro atoms. The van der Waals surface area contributed by atoms with E-state index >= 15 is 0 Å². The maximum Gasteiger partial charge on any atom is 0.267 e. The summed E-state index contributed by atoms with van der Waals surface area (Å²) in [5, 5.41) is 0. The highest BCUT2D eigenvalue weighted by Gasteiger charge is 2.29. The molecule has 0 bridgehead atoms. The number of carbonyl (C=O) groups is 2. The van der Waals surface area contributed by atoms with E-state index in [1.165, 1.54) is 0 Å². The minimum absolute atomic E-state index is 0.0347. The van der Waals surface area contributed by atoms with Crippen LogP contribution >= 0.6 is 0 Å². The number of benzene rings is 1. The molecule has 31 heavy (non-hydrogen) atoms. The monoisotopic (exact) mass is 427 g/mol. The Hall–Kier alpha value is -2.91. The zero-order valence-electron chi connectivity index (χ0n) is 17.8. The fraction of sp³-hybridized carbons (Fsp3) is 0.500. The molecule has 0 aliphatic carbocycles. The Bertz CT molecular complexity index is 920. The molecule has 9 nitrogen and oxygen atoms in total. The molecule has 1 atom stereocenters. The van der Waals surface area contributed by atoms with Crippen molar-refractivity contribution < 1.29 is 19.1 Å². The number of primary amides is 1. The predicted octanol–water partition coefficient (Wildman–Crippen LogP) is 1.22. The van der Waals surface area contributed by atoms with Gasteiger partial charge in [-0.2, -0.15) is 0 Å². The fourth-order valence-electron chi connectivity index (χ4n) is 4.20. The number of H-pyrrole nitrogens is 1. The number of piperidine rings is 1. The lowest BCUT2D eigenvalue weighted by molar-refractivity contribution is -0.134. The van der Waals surface area contributed by atoms with Gasteiger partial charge in [-0.05, 0) is 37.1 Å². The second-order valence-corrected chi connectivity index (χ2v) is 8.01. The van der Waals surface area contributed by atoms with Crippen molar-refractivity contribution in [3.05, 3.63) is 35.8 Å². The average molecular weight is 428 g/mol. The Kier molecular flexibility index (Phi) is 6.53. The molecule has 0 unspecified atom stereocenters. The van der Waals surface area contributed by atoms with Crippen molar-refractivity contribution in [2.45, 2.75) is 18.8 Å². The topological polar surface area (TPSA) is 114 Å². The molecule has 3 heterocycles. The number of amides is 2. The number of hydrogen-bond donors (Lipinski definition) is 2. The Morgan fingerprint density at radius 2 is 1.97 bits per heavy atom. The van der Waals surface area contributed by atoms with Crippen LogP contribution in [0.25, 0.3) is 11.3 Å². The van der Waals surface area contributed by atoms with Crippen molar-refractivity contribution in [3.63, 3.8) is 0 Å².